The van der Waals surface area contributed by atoms with Gasteiger partial charge in [0.2, 0.25) is 0 Å². The summed E-state index contributed by atoms with van der Waals surface area (Å²) >= 11 is 5.68. The van der Waals surface area contributed by atoms with Gasteiger partial charge in [-0.05, 0) is 31.9 Å². The van der Waals surface area contributed by atoms with Gasteiger partial charge in [-0.3, -0.25) is 4.79 Å². The Morgan fingerprint density at radius 1 is 1.47 bits per heavy atom. The number of rotatable bonds is 2. The molecular formula is C12H11ClF3NO2. The Morgan fingerprint density at radius 2 is 2.16 bits per heavy atom. The third-order valence-electron chi connectivity index (χ3n) is 3.08. The molecule has 1 aliphatic heterocycles. The van der Waals surface area contributed by atoms with Crippen LogP contribution >= 0.6 is 11.6 Å². The average molecular weight is 294 g/mol. The van der Waals surface area contributed by atoms with Crippen LogP contribution in [0.3, 0.4) is 0 Å². The van der Waals surface area contributed by atoms with Crippen LogP contribution in [-0.4, -0.2) is 23.0 Å². The predicted molar refractivity (Wildman–Crippen MR) is 62.2 cm³/mol. The summed E-state index contributed by atoms with van der Waals surface area (Å²) in [7, 11) is 0. The van der Waals surface area contributed by atoms with E-state index in [1.54, 1.807) is 6.92 Å². The number of Topliss-reactive ketones (excluding diaryl/α,β-unsaturated/α-hetero) is 1. The fourth-order valence-corrected chi connectivity index (χ4v) is 2.24. The van der Waals surface area contributed by atoms with Gasteiger partial charge in [0.05, 0.1) is 5.56 Å². The van der Waals surface area contributed by atoms with Crippen LogP contribution in [0.1, 0.15) is 35.8 Å². The Morgan fingerprint density at radius 3 is 2.63 bits per heavy atom. The molecule has 1 unspecified atom stereocenters. The summed E-state index contributed by atoms with van der Waals surface area (Å²) in [6.07, 6.45) is -3.34. The molecule has 1 aliphatic rings. The summed E-state index contributed by atoms with van der Waals surface area (Å²) in [5, 5.41) is -0.448. The SMILES string of the molecule is CC1(C(=O)c2ccc(C(F)(F)F)nc2Cl)CCCO1. The topological polar surface area (TPSA) is 39.2 Å². The summed E-state index contributed by atoms with van der Waals surface area (Å²) in [6.45, 7) is 2.06. The summed E-state index contributed by atoms with van der Waals surface area (Å²) in [4.78, 5) is 15.5. The Hall–Kier alpha value is -1.14. The molecule has 0 radical (unpaired) electrons. The molecule has 7 heteroatoms. The molecular weight excluding hydrogens is 283 g/mol. The molecule has 0 amide bonds. The number of nitrogens with zero attached hydrogens (tertiary/aromatic N) is 1. The molecule has 1 aromatic rings. The first-order chi connectivity index (χ1) is 8.74. The highest BCUT2D eigenvalue weighted by Crippen LogP contribution is 2.33. The number of hydrogen-bond donors (Lipinski definition) is 0. The van der Waals surface area contributed by atoms with Crippen molar-refractivity contribution >= 4 is 17.4 Å². The summed E-state index contributed by atoms with van der Waals surface area (Å²) in [5.74, 6) is -0.434. The quantitative estimate of drug-likeness (QED) is 0.619. The number of carbonyl (C=O) groups is 1. The number of ether oxygens (including phenoxy) is 1. The molecule has 19 heavy (non-hydrogen) atoms. The minimum atomic E-state index is -4.58. The Kier molecular flexibility index (Phi) is 3.57. The molecule has 0 saturated carbocycles. The van der Waals surface area contributed by atoms with Gasteiger partial charge in [-0.25, -0.2) is 4.98 Å². The standard InChI is InChI=1S/C12H11ClF3NO2/c1-11(5-2-6-19-11)9(18)7-3-4-8(12(14,15)16)17-10(7)13/h3-4H,2,5-6H2,1H3. The number of halogens is 4. The van der Waals surface area contributed by atoms with Crippen LogP contribution in [0.4, 0.5) is 13.2 Å². The minimum absolute atomic E-state index is 0.0425. The lowest BCUT2D eigenvalue weighted by Crippen LogP contribution is -2.34. The van der Waals surface area contributed by atoms with Crippen molar-refractivity contribution in [1.82, 2.24) is 4.98 Å². The maximum absolute atomic E-state index is 12.4. The number of carbonyl (C=O) groups excluding carboxylic acids is 1. The molecule has 1 aromatic heterocycles. The molecule has 0 aliphatic carbocycles. The number of hydrogen-bond acceptors (Lipinski definition) is 3. The van der Waals surface area contributed by atoms with Crippen molar-refractivity contribution in [3.63, 3.8) is 0 Å². The molecule has 0 aromatic carbocycles. The number of alkyl halides is 3. The van der Waals surface area contributed by atoms with Crippen LogP contribution in [0.2, 0.25) is 5.15 Å². The highest BCUT2D eigenvalue weighted by Gasteiger charge is 2.40. The Bertz CT molecular complexity index is 510. The molecule has 2 heterocycles. The van der Waals surface area contributed by atoms with E-state index in [9.17, 15) is 18.0 Å². The molecule has 1 saturated heterocycles. The molecule has 1 fully saturated rings. The molecule has 104 valence electrons. The molecule has 2 rings (SSSR count). The summed E-state index contributed by atoms with van der Waals surface area (Å²) in [5.41, 5.74) is -2.18. The van der Waals surface area contributed by atoms with Gasteiger partial charge in [-0.15, -0.1) is 0 Å². The van der Waals surface area contributed by atoms with Crippen LogP contribution in [0.15, 0.2) is 12.1 Å². The molecule has 1 atom stereocenters. The fourth-order valence-electron chi connectivity index (χ4n) is 2.00. The highest BCUT2D eigenvalue weighted by molar-refractivity contribution is 6.33. The molecule has 0 spiro atoms. The van der Waals surface area contributed by atoms with Crippen LogP contribution < -0.4 is 0 Å². The second kappa shape index (κ2) is 4.76. The van der Waals surface area contributed by atoms with E-state index in [0.29, 0.717) is 13.0 Å². The van der Waals surface area contributed by atoms with Crippen molar-refractivity contribution in [3.05, 3.63) is 28.5 Å². The largest absolute Gasteiger partial charge is 0.433 e. The van der Waals surface area contributed by atoms with Gasteiger partial charge >= 0.3 is 6.18 Å². The monoisotopic (exact) mass is 293 g/mol. The molecule has 0 bridgehead atoms. The van der Waals surface area contributed by atoms with Crippen molar-refractivity contribution in [3.8, 4) is 0 Å². The van der Waals surface area contributed by atoms with Gasteiger partial charge in [0.1, 0.15) is 16.4 Å². The van der Waals surface area contributed by atoms with E-state index >= 15 is 0 Å². The fraction of sp³-hybridized carbons (Fsp3) is 0.500. The second-order valence-electron chi connectivity index (χ2n) is 4.54. The lowest BCUT2D eigenvalue weighted by molar-refractivity contribution is -0.141. The van der Waals surface area contributed by atoms with E-state index in [4.69, 9.17) is 16.3 Å². The van der Waals surface area contributed by atoms with Gasteiger partial charge in [0.25, 0.3) is 0 Å². The summed E-state index contributed by atoms with van der Waals surface area (Å²) < 4.78 is 42.7. The van der Waals surface area contributed by atoms with Crippen LogP contribution in [0, 0.1) is 0 Å². The van der Waals surface area contributed by atoms with Crippen LogP contribution in [0.25, 0.3) is 0 Å². The van der Waals surface area contributed by atoms with E-state index in [1.165, 1.54) is 0 Å². The zero-order chi connectivity index (χ0) is 14.3. The third kappa shape index (κ3) is 2.74. The van der Waals surface area contributed by atoms with E-state index in [-0.39, 0.29) is 5.56 Å². The normalized spacial score (nSPS) is 23.6. The van der Waals surface area contributed by atoms with Crippen LogP contribution in [0.5, 0.6) is 0 Å². The number of aromatic nitrogens is 1. The number of ketones is 1. The van der Waals surface area contributed by atoms with Crippen LogP contribution in [-0.2, 0) is 10.9 Å². The summed E-state index contributed by atoms with van der Waals surface area (Å²) in [6, 6.07) is 1.80. The first-order valence-electron chi connectivity index (χ1n) is 5.66. The van der Waals surface area contributed by atoms with Crippen molar-refractivity contribution in [2.75, 3.05) is 6.61 Å². The molecule has 0 N–H and O–H groups in total. The zero-order valence-corrected chi connectivity index (χ0v) is 10.8. The predicted octanol–water partition coefficient (Wildman–Crippen LogP) is 3.51. The smallest absolute Gasteiger partial charge is 0.367 e. The maximum atomic E-state index is 12.4. The van der Waals surface area contributed by atoms with Crippen molar-refractivity contribution in [1.29, 1.82) is 0 Å². The van der Waals surface area contributed by atoms with Gasteiger partial charge in [-0.1, -0.05) is 11.6 Å². The van der Waals surface area contributed by atoms with Gasteiger partial charge in [0, 0.05) is 6.61 Å². The average Bonchev–Trinajstić information content (AvgIpc) is 2.75. The van der Waals surface area contributed by atoms with Gasteiger partial charge < -0.3 is 4.74 Å². The van der Waals surface area contributed by atoms with E-state index < -0.39 is 28.4 Å². The van der Waals surface area contributed by atoms with E-state index in [1.807, 2.05) is 0 Å². The van der Waals surface area contributed by atoms with Gasteiger partial charge in [0.15, 0.2) is 5.78 Å². The first-order valence-corrected chi connectivity index (χ1v) is 6.04. The first kappa shape index (κ1) is 14.3. The third-order valence-corrected chi connectivity index (χ3v) is 3.37. The van der Waals surface area contributed by atoms with E-state index in [2.05, 4.69) is 4.98 Å². The zero-order valence-electron chi connectivity index (χ0n) is 10.1. The minimum Gasteiger partial charge on any atom is -0.367 e. The van der Waals surface area contributed by atoms with Crippen molar-refractivity contribution in [2.45, 2.75) is 31.5 Å². The number of pyridine rings is 1. The van der Waals surface area contributed by atoms with Crippen molar-refractivity contribution in [2.24, 2.45) is 0 Å². The highest BCUT2D eigenvalue weighted by atomic mass is 35.5. The Labute approximate surface area is 112 Å². The second-order valence-corrected chi connectivity index (χ2v) is 4.90. The Balaban J connectivity index is 2.34. The van der Waals surface area contributed by atoms with E-state index in [0.717, 1.165) is 18.6 Å². The maximum Gasteiger partial charge on any atom is 0.433 e. The van der Waals surface area contributed by atoms with Gasteiger partial charge in [-0.2, -0.15) is 13.2 Å². The lowest BCUT2D eigenvalue weighted by Gasteiger charge is -2.21. The van der Waals surface area contributed by atoms with Crippen molar-refractivity contribution < 1.29 is 22.7 Å². The lowest BCUT2D eigenvalue weighted by atomic mass is 9.93. The molecule has 3 nitrogen and oxygen atoms in total.